The molecule has 1 aromatic carbocycles. The number of hydrogen-bond donors (Lipinski definition) is 0. The maximum atomic E-state index is 10.0. The molecule has 1 aromatic rings. The highest BCUT2D eigenvalue weighted by molar-refractivity contribution is 6.34. The van der Waals surface area contributed by atoms with Crippen molar-refractivity contribution in [1.29, 1.82) is 5.26 Å². The van der Waals surface area contributed by atoms with Gasteiger partial charge in [-0.25, -0.2) is 20.0 Å². The summed E-state index contributed by atoms with van der Waals surface area (Å²) < 4.78 is 0. The highest BCUT2D eigenvalue weighted by Crippen LogP contribution is 2.34. The van der Waals surface area contributed by atoms with Crippen molar-refractivity contribution in [2.75, 3.05) is 0 Å². The van der Waals surface area contributed by atoms with Gasteiger partial charge in [0, 0.05) is 5.57 Å². The van der Waals surface area contributed by atoms with Crippen LogP contribution in [0.2, 0.25) is 0 Å². The van der Waals surface area contributed by atoms with Crippen LogP contribution in [0.25, 0.3) is 5.57 Å². The number of nitriles is 1. The van der Waals surface area contributed by atoms with Gasteiger partial charge in [-0.05, 0) is 66.3 Å². The largest absolute Gasteiger partial charge is 0.249 e. The quantitative estimate of drug-likeness (QED) is 0.643. The van der Waals surface area contributed by atoms with E-state index < -0.39 is 0 Å². The third kappa shape index (κ3) is 3.21. The lowest BCUT2D eigenvalue weighted by molar-refractivity contribution is 1.37. The molecule has 0 aromatic heterocycles. The van der Waals surface area contributed by atoms with Crippen molar-refractivity contribution in [1.82, 2.24) is 0 Å². The molecule has 5 aliphatic heterocycles. The van der Waals surface area contributed by atoms with E-state index in [9.17, 15) is 5.26 Å². The molecule has 0 saturated carbocycles. The van der Waals surface area contributed by atoms with Crippen LogP contribution in [0.4, 0.5) is 0 Å². The molecular weight excluding hydrogens is 394 g/mol. The van der Waals surface area contributed by atoms with Crippen LogP contribution in [0.3, 0.4) is 0 Å². The maximum absolute atomic E-state index is 10.0. The second kappa shape index (κ2) is 7.22. The monoisotopic (exact) mass is 409 g/mol. The van der Waals surface area contributed by atoms with Crippen molar-refractivity contribution in [2.24, 2.45) is 20.0 Å². The van der Waals surface area contributed by atoms with E-state index in [1.165, 1.54) is 0 Å². The number of aliphatic imine (C=N–C) groups is 4. The van der Waals surface area contributed by atoms with Gasteiger partial charge < -0.3 is 0 Å². The molecule has 0 fully saturated rings. The predicted octanol–water partition coefficient (Wildman–Crippen LogP) is 5.00. The van der Waals surface area contributed by atoms with E-state index in [-0.39, 0.29) is 0 Å². The Morgan fingerprint density at radius 3 is 1.75 bits per heavy atom. The van der Waals surface area contributed by atoms with Gasteiger partial charge in [-0.15, -0.1) is 0 Å². The van der Waals surface area contributed by atoms with E-state index in [2.05, 4.69) is 16.1 Å². The number of fused-ring (bicyclic) bond motifs is 4. The summed E-state index contributed by atoms with van der Waals surface area (Å²) in [5.41, 5.74) is 8.42. The molecule has 5 heteroatoms. The fourth-order valence-electron chi connectivity index (χ4n) is 3.97. The summed E-state index contributed by atoms with van der Waals surface area (Å²) >= 11 is 0. The molecule has 5 heterocycles. The van der Waals surface area contributed by atoms with Gasteiger partial charge in [0.25, 0.3) is 0 Å². The van der Waals surface area contributed by atoms with E-state index in [1.54, 1.807) is 0 Å². The van der Waals surface area contributed by atoms with Crippen LogP contribution in [-0.4, -0.2) is 22.8 Å². The lowest BCUT2D eigenvalue weighted by atomic mass is 9.96. The van der Waals surface area contributed by atoms with Gasteiger partial charge in [0.2, 0.25) is 0 Å². The van der Waals surface area contributed by atoms with Crippen LogP contribution < -0.4 is 0 Å². The number of rotatable bonds is 1. The Morgan fingerprint density at radius 2 is 1.16 bits per heavy atom. The van der Waals surface area contributed by atoms with Crippen LogP contribution in [0.1, 0.15) is 5.56 Å². The molecule has 0 aliphatic carbocycles. The van der Waals surface area contributed by atoms with Crippen LogP contribution in [-0.2, 0) is 0 Å². The average Bonchev–Trinajstić information content (AvgIpc) is 3.58. The topological polar surface area (TPSA) is 73.2 Å². The number of allylic oxidation sites excluding steroid dienone is 12. The zero-order valence-corrected chi connectivity index (χ0v) is 16.9. The van der Waals surface area contributed by atoms with Crippen LogP contribution in [0, 0.1) is 11.3 Å². The zero-order chi connectivity index (χ0) is 21.5. The molecule has 0 spiro atoms. The normalized spacial score (nSPS) is 20.2. The Balaban J connectivity index is 1.57. The van der Waals surface area contributed by atoms with Gasteiger partial charge in [-0.3, -0.25) is 0 Å². The van der Waals surface area contributed by atoms with Crippen molar-refractivity contribution in [3.8, 4) is 6.07 Å². The Kier molecular flexibility index (Phi) is 4.09. The molecular formula is C27H15N5. The van der Waals surface area contributed by atoms with E-state index >= 15 is 0 Å². The highest BCUT2D eigenvalue weighted by Gasteiger charge is 2.25. The van der Waals surface area contributed by atoms with Crippen molar-refractivity contribution in [3.05, 3.63) is 125 Å². The minimum atomic E-state index is 0.528. The Hall–Kier alpha value is -4.69. The summed E-state index contributed by atoms with van der Waals surface area (Å²) in [7, 11) is 0. The fourth-order valence-corrected chi connectivity index (χ4v) is 3.97. The third-order valence-electron chi connectivity index (χ3n) is 5.39. The maximum Gasteiger partial charge on any atom is 0.102 e. The van der Waals surface area contributed by atoms with Gasteiger partial charge in [-0.2, -0.15) is 5.26 Å². The van der Waals surface area contributed by atoms with E-state index in [4.69, 9.17) is 9.98 Å². The van der Waals surface area contributed by atoms with Crippen LogP contribution >= 0.6 is 0 Å². The molecule has 0 unspecified atom stereocenters. The second-order valence-corrected chi connectivity index (χ2v) is 7.57. The van der Waals surface area contributed by atoms with E-state index in [0.29, 0.717) is 17.0 Å². The first-order valence-electron chi connectivity index (χ1n) is 10.2. The molecule has 5 aliphatic rings. The third-order valence-corrected chi connectivity index (χ3v) is 5.39. The van der Waals surface area contributed by atoms with Crippen molar-refractivity contribution in [3.63, 3.8) is 0 Å². The SMILES string of the molecule is N#CC1=C(c2ccccc2)C2=NC1=CC1=NC(=CC3=NC(=CC4=NC(=C2)C=C4)C=C3)C=C1. The van der Waals surface area contributed by atoms with Gasteiger partial charge in [-0.1, -0.05) is 30.3 Å². The molecule has 0 N–H and O–H groups in total. The lowest BCUT2D eigenvalue weighted by Crippen LogP contribution is -1.97. The predicted molar refractivity (Wildman–Crippen MR) is 128 cm³/mol. The summed E-state index contributed by atoms with van der Waals surface area (Å²) in [5, 5.41) is 10.0. The highest BCUT2D eigenvalue weighted by atomic mass is 14.8. The molecule has 8 bridgehead atoms. The first-order chi connectivity index (χ1) is 15.7. The van der Waals surface area contributed by atoms with Crippen molar-refractivity contribution in [2.45, 2.75) is 0 Å². The molecule has 0 amide bonds. The zero-order valence-electron chi connectivity index (χ0n) is 16.9. The Bertz CT molecular complexity index is 1480. The first-order valence-corrected chi connectivity index (χ1v) is 10.2. The smallest absolute Gasteiger partial charge is 0.102 e. The summed E-state index contributed by atoms with van der Waals surface area (Å²) in [6.45, 7) is 0. The van der Waals surface area contributed by atoms with E-state index in [1.807, 2.05) is 91.1 Å². The molecule has 6 rings (SSSR count). The molecule has 148 valence electrons. The Morgan fingerprint density at radius 1 is 0.594 bits per heavy atom. The average molecular weight is 409 g/mol. The lowest BCUT2D eigenvalue weighted by Gasteiger charge is -2.04. The van der Waals surface area contributed by atoms with Gasteiger partial charge in [0.05, 0.1) is 51.2 Å². The molecule has 32 heavy (non-hydrogen) atoms. The van der Waals surface area contributed by atoms with Crippen LogP contribution in [0.15, 0.2) is 139 Å². The summed E-state index contributed by atoms with van der Waals surface area (Å²) in [5.74, 6) is 0. The van der Waals surface area contributed by atoms with E-state index in [0.717, 1.165) is 45.4 Å². The second-order valence-electron chi connectivity index (χ2n) is 7.57. The molecule has 0 radical (unpaired) electrons. The van der Waals surface area contributed by atoms with Gasteiger partial charge in [0.1, 0.15) is 6.07 Å². The number of nitrogens with zero attached hydrogens (tertiary/aromatic N) is 5. The minimum Gasteiger partial charge on any atom is -0.249 e. The summed E-state index contributed by atoms with van der Waals surface area (Å²) in [6, 6.07) is 12.2. The minimum absolute atomic E-state index is 0.528. The Labute approximate surface area is 185 Å². The van der Waals surface area contributed by atoms with Crippen LogP contribution in [0.5, 0.6) is 0 Å². The fraction of sp³-hybridized carbons (Fsp3) is 0. The molecule has 5 nitrogen and oxygen atoms in total. The summed E-state index contributed by atoms with van der Waals surface area (Å²) in [4.78, 5) is 18.8. The molecule has 0 saturated heterocycles. The van der Waals surface area contributed by atoms with Gasteiger partial charge >= 0.3 is 0 Å². The van der Waals surface area contributed by atoms with Gasteiger partial charge in [0.15, 0.2) is 0 Å². The number of hydrogen-bond acceptors (Lipinski definition) is 5. The molecule has 0 atom stereocenters. The standard InChI is InChI=1S/C27H15N5/c28-16-24-25-14-22-10-8-20(30-22)12-18-6-7-19(29-18)13-21-9-11-23(31-21)15-26(32-25)27(24)17-4-2-1-3-5-17/h1-15H. The van der Waals surface area contributed by atoms with Crippen molar-refractivity contribution < 1.29 is 0 Å². The van der Waals surface area contributed by atoms with Crippen molar-refractivity contribution >= 4 is 28.4 Å². The summed E-state index contributed by atoms with van der Waals surface area (Å²) in [6.07, 6.45) is 19.3. The number of benzene rings is 1. The first kappa shape index (κ1) is 18.1.